The Morgan fingerprint density at radius 2 is 1.60 bits per heavy atom. The molecule has 1 fully saturated rings. The van der Waals surface area contributed by atoms with Crippen molar-refractivity contribution in [2.24, 2.45) is 0 Å². The molecule has 0 N–H and O–H groups in total. The normalized spacial score (nSPS) is 15.5. The van der Waals surface area contributed by atoms with Crippen LogP contribution in [0.1, 0.15) is 17.0 Å². The van der Waals surface area contributed by atoms with E-state index in [-0.39, 0.29) is 4.90 Å². The van der Waals surface area contributed by atoms with Gasteiger partial charge >= 0.3 is 0 Å². The molecule has 1 aliphatic rings. The third-order valence-corrected chi connectivity index (χ3v) is 7.85. The van der Waals surface area contributed by atoms with Gasteiger partial charge in [0.2, 0.25) is 10.0 Å². The average Bonchev–Trinajstić information content (AvgIpc) is 3.04. The molecule has 0 unspecified atom stereocenters. The number of hydrogen-bond donors (Lipinski definition) is 0. The minimum atomic E-state index is -3.58. The lowest BCUT2D eigenvalue weighted by molar-refractivity contribution is 0.384. The molecule has 1 aliphatic heterocycles. The maximum atomic E-state index is 13.2. The highest BCUT2D eigenvalue weighted by atomic mass is 35.5. The Bertz CT molecular complexity index is 1170. The first-order valence-electron chi connectivity index (χ1n) is 9.92. The lowest BCUT2D eigenvalue weighted by Crippen LogP contribution is -2.49. The van der Waals surface area contributed by atoms with E-state index in [9.17, 15) is 8.42 Å². The molecular formula is C22H25ClN4O2S. The predicted molar refractivity (Wildman–Crippen MR) is 120 cm³/mol. The standard InChI is InChI=1S/C22H25ClN4O2S/c1-16-9-10-19(23)15-21(16)30(28,29)26-13-11-25(12-14-26)22-17(2)24-27(18(22)3)20-7-5-4-6-8-20/h4-10,15H,11-14H2,1-3H3. The Balaban J connectivity index is 1.56. The molecule has 0 aliphatic carbocycles. The Morgan fingerprint density at radius 1 is 0.933 bits per heavy atom. The Morgan fingerprint density at radius 3 is 2.27 bits per heavy atom. The highest BCUT2D eigenvalue weighted by Crippen LogP contribution is 2.29. The number of rotatable bonds is 4. The summed E-state index contributed by atoms with van der Waals surface area (Å²) in [5.74, 6) is 0. The fraction of sp³-hybridized carbons (Fsp3) is 0.318. The first kappa shape index (κ1) is 20.9. The molecule has 0 atom stereocenters. The SMILES string of the molecule is Cc1ccc(Cl)cc1S(=O)(=O)N1CCN(c2c(C)nn(-c3ccccc3)c2C)CC1. The van der Waals surface area contributed by atoms with E-state index in [1.165, 1.54) is 6.07 Å². The third-order valence-electron chi connectivity index (χ3n) is 5.58. The van der Waals surface area contributed by atoms with Crippen LogP contribution in [0.15, 0.2) is 53.4 Å². The number of halogens is 1. The summed E-state index contributed by atoms with van der Waals surface area (Å²) in [5.41, 5.74) is 4.80. The average molecular weight is 445 g/mol. The number of para-hydroxylation sites is 1. The van der Waals surface area contributed by atoms with Crippen LogP contribution in [0.5, 0.6) is 0 Å². The summed E-state index contributed by atoms with van der Waals surface area (Å²) < 4.78 is 29.8. The van der Waals surface area contributed by atoms with Gasteiger partial charge in [0.1, 0.15) is 0 Å². The number of nitrogens with zero attached hydrogens (tertiary/aromatic N) is 4. The van der Waals surface area contributed by atoms with E-state index < -0.39 is 10.0 Å². The smallest absolute Gasteiger partial charge is 0.243 e. The van der Waals surface area contributed by atoms with Crippen molar-refractivity contribution in [1.29, 1.82) is 0 Å². The number of aromatic nitrogens is 2. The third kappa shape index (κ3) is 3.73. The van der Waals surface area contributed by atoms with Crippen LogP contribution >= 0.6 is 11.6 Å². The lowest BCUT2D eigenvalue weighted by Gasteiger charge is -2.35. The summed E-state index contributed by atoms with van der Waals surface area (Å²) >= 11 is 6.05. The molecule has 3 aromatic rings. The van der Waals surface area contributed by atoms with Gasteiger partial charge in [-0.25, -0.2) is 13.1 Å². The predicted octanol–water partition coefficient (Wildman–Crippen LogP) is 3.96. The summed E-state index contributed by atoms with van der Waals surface area (Å²) in [5, 5.41) is 5.15. The van der Waals surface area contributed by atoms with Gasteiger partial charge in [-0.1, -0.05) is 35.9 Å². The van der Waals surface area contributed by atoms with Crippen molar-refractivity contribution in [1.82, 2.24) is 14.1 Å². The molecule has 1 saturated heterocycles. The number of sulfonamides is 1. The molecule has 2 heterocycles. The molecule has 8 heteroatoms. The molecular weight excluding hydrogens is 420 g/mol. The second-order valence-electron chi connectivity index (χ2n) is 7.57. The Hall–Kier alpha value is -2.35. The second kappa shape index (κ2) is 8.06. The maximum Gasteiger partial charge on any atom is 0.243 e. The van der Waals surface area contributed by atoms with E-state index in [1.807, 2.05) is 41.9 Å². The number of anilines is 1. The molecule has 0 bridgehead atoms. The van der Waals surface area contributed by atoms with Gasteiger partial charge in [0.05, 0.1) is 27.7 Å². The van der Waals surface area contributed by atoms with Crippen LogP contribution in [-0.4, -0.2) is 48.7 Å². The van der Waals surface area contributed by atoms with Crippen molar-refractivity contribution in [2.75, 3.05) is 31.1 Å². The van der Waals surface area contributed by atoms with Gasteiger partial charge in [0.25, 0.3) is 0 Å². The van der Waals surface area contributed by atoms with Crippen molar-refractivity contribution in [3.05, 3.63) is 70.5 Å². The number of benzene rings is 2. The van der Waals surface area contributed by atoms with Crippen molar-refractivity contribution in [2.45, 2.75) is 25.7 Å². The van der Waals surface area contributed by atoms with Crippen LogP contribution in [0.2, 0.25) is 5.02 Å². The lowest BCUT2D eigenvalue weighted by atomic mass is 10.2. The molecule has 0 saturated carbocycles. The number of hydrogen-bond acceptors (Lipinski definition) is 4. The quantitative estimate of drug-likeness (QED) is 0.611. The summed E-state index contributed by atoms with van der Waals surface area (Å²) in [6.07, 6.45) is 0. The fourth-order valence-corrected chi connectivity index (χ4v) is 5.97. The van der Waals surface area contributed by atoms with E-state index in [1.54, 1.807) is 23.4 Å². The van der Waals surface area contributed by atoms with Crippen molar-refractivity contribution < 1.29 is 8.42 Å². The van der Waals surface area contributed by atoms with Gasteiger partial charge in [0.15, 0.2) is 0 Å². The molecule has 0 spiro atoms. The zero-order valence-corrected chi connectivity index (χ0v) is 18.9. The van der Waals surface area contributed by atoms with E-state index in [2.05, 4.69) is 11.8 Å². The van der Waals surface area contributed by atoms with Gasteiger partial charge < -0.3 is 4.90 Å². The minimum absolute atomic E-state index is 0.285. The first-order valence-corrected chi connectivity index (χ1v) is 11.7. The van der Waals surface area contributed by atoms with Crippen molar-refractivity contribution in [3.63, 3.8) is 0 Å². The van der Waals surface area contributed by atoms with Crippen molar-refractivity contribution in [3.8, 4) is 5.69 Å². The van der Waals surface area contributed by atoms with Gasteiger partial charge in [-0.05, 0) is 50.6 Å². The molecule has 4 rings (SSSR count). The van der Waals surface area contributed by atoms with Crippen LogP contribution in [0, 0.1) is 20.8 Å². The van der Waals surface area contributed by atoms with E-state index in [0.29, 0.717) is 36.8 Å². The van der Waals surface area contributed by atoms with Crippen LogP contribution in [0.25, 0.3) is 5.69 Å². The fourth-order valence-electron chi connectivity index (χ4n) is 4.06. The molecule has 2 aromatic carbocycles. The van der Waals surface area contributed by atoms with Crippen LogP contribution < -0.4 is 4.90 Å². The zero-order valence-electron chi connectivity index (χ0n) is 17.3. The van der Waals surface area contributed by atoms with E-state index >= 15 is 0 Å². The first-order chi connectivity index (χ1) is 14.3. The van der Waals surface area contributed by atoms with Gasteiger partial charge in [-0.3, -0.25) is 0 Å². The van der Waals surface area contributed by atoms with Gasteiger partial charge in [0, 0.05) is 31.2 Å². The van der Waals surface area contributed by atoms with Crippen molar-refractivity contribution >= 4 is 27.3 Å². The van der Waals surface area contributed by atoms with E-state index in [4.69, 9.17) is 16.7 Å². The summed E-state index contributed by atoms with van der Waals surface area (Å²) in [6.45, 7) is 7.92. The highest BCUT2D eigenvalue weighted by Gasteiger charge is 2.31. The molecule has 0 amide bonds. The monoisotopic (exact) mass is 444 g/mol. The number of aryl methyl sites for hydroxylation is 2. The number of piperazine rings is 1. The molecule has 0 radical (unpaired) electrons. The van der Waals surface area contributed by atoms with Gasteiger partial charge in [-0.2, -0.15) is 9.40 Å². The second-order valence-corrected chi connectivity index (χ2v) is 9.91. The Kier molecular flexibility index (Phi) is 5.61. The molecule has 6 nitrogen and oxygen atoms in total. The topological polar surface area (TPSA) is 58.4 Å². The summed E-state index contributed by atoms with van der Waals surface area (Å²) in [4.78, 5) is 2.52. The zero-order chi connectivity index (χ0) is 21.5. The summed E-state index contributed by atoms with van der Waals surface area (Å²) in [6, 6.07) is 15.0. The maximum absolute atomic E-state index is 13.2. The Labute approximate surface area is 182 Å². The van der Waals surface area contributed by atoms with E-state index in [0.717, 1.165) is 22.8 Å². The molecule has 158 valence electrons. The molecule has 30 heavy (non-hydrogen) atoms. The van der Waals surface area contributed by atoms with Crippen LogP contribution in [0.4, 0.5) is 5.69 Å². The molecule has 1 aromatic heterocycles. The van der Waals surface area contributed by atoms with Crippen LogP contribution in [-0.2, 0) is 10.0 Å². The highest BCUT2D eigenvalue weighted by molar-refractivity contribution is 7.89. The van der Waals surface area contributed by atoms with Gasteiger partial charge in [-0.15, -0.1) is 0 Å². The largest absolute Gasteiger partial charge is 0.366 e. The van der Waals surface area contributed by atoms with Crippen LogP contribution in [0.3, 0.4) is 0 Å². The summed E-state index contributed by atoms with van der Waals surface area (Å²) in [7, 11) is -3.58. The minimum Gasteiger partial charge on any atom is -0.366 e.